The van der Waals surface area contributed by atoms with Crippen LogP contribution in [0.25, 0.3) is 0 Å². The van der Waals surface area contributed by atoms with Gasteiger partial charge in [0.25, 0.3) is 0 Å². The van der Waals surface area contributed by atoms with Crippen LogP contribution in [0.15, 0.2) is 30.3 Å². The van der Waals surface area contributed by atoms with Gasteiger partial charge in [-0.2, -0.15) is 0 Å². The van der Waals surface area contributed by atoms with Crippen molar-refractivity contribution < 1.29 is 18.0 Å². The van der Waals surface area contributed by atoms with E-state index < -0.39 is 21.0 Å². The van der Waals surface area contributed by atoms with Crippen molar-refractivity contribution in [2.24, 2.45) is 0 Å². The van der Waals surface area contributed by atoms with Crippen molar-refractivity contribution in [3.05, 3.63) is 35.9 Å². The van der Waals surface area contributed by atoms with Crippen LogP contribution in [0, 0.1) is 0 Å². The third kappa shape index (κ3) is 5.96. The number of carbonyl (C=O) groups is 2. The van der Waals surface area contributed by atoms with E-state index >= 15 is 0 Å². The van der Waals surface area contributed by atoms with Gasteiger partial charge in [0.15, 0.2) is 9.84 Å². The molecule has 1 rings (SSSR count). The summed E-state index contributed by atoms with van der Waals surface area (Å²) in [5, 5.41) is 1.29. The maximum atomic E-state index is 12.2. The lowest BCUT2D eigenvalue weighted by Crippen LogP contribution is -2.44. The zero-order chi connectivity index (χ0) is 18.2. The SMILES string of the molecule is CCCS(=O)(=O)C(C)C(=O)NCC(=O)N(CC)Cc1ccccc1. The Labute approximate surface area is 144 Å². The molecule has 1 unspecified atom stereocenters. The third-order valence-electron chi connectivity index (χ3n) is 3.76. The summed E-state index contributed by atoms with van der Waals surface area (Å²) in [6, 6.07) is 9.55. The van der Waals surface area contributed by atoms with Crippen molar-refractivity contribution in [2.45, 2.75) is 39.0 Å². The van der Waals surface area contributed by atoms with Gasteiger partial charge in [-0.3, -0.25) is 9.59 Å². The number of amides is 2. The zero-order valence-electron chi connectivity index (χ0n) is 14.5. The van der Waals surface area contributed by atoms with Crippen molar-refractivity contribution in [2.75, 3.05) is 18.8 Å². The Morgan fingerprint density at radius 3 is 2.33 bits per heavy atom. The van der Waals surface area contributed by atoms with Crippen LogP contribution >= 0.6 is 0 Å². The maximum absolute atomic E-state index is 12.2. The molecule has 0 spiro atoms. The number of rotatable bonds is 9. The first kappa shape index (κ1) is 20.2. The van der Waals surface area contributed by atoms with Crippen molar-refractivity contribution in [1.82, 2.24) is 10.2 Å². The highest BCUT2D eigenvalue weighted by atomic mass is 32.2. The Balaban J connectivity index is 2.58. The highest BCUT2D eigenvalue weighted by Crippen LogP contribution is 2.06. The van der Waals surface area contributed by atoms with Crippen molar-refractivity contribution in [1.29, 1.82) is 0 Å². The zero-order valence-corrected chi connectivity index (χ0v) is 15.3. The fourth-order valence-electron chi connectivity index (χ4n) is 2.22. The molecule has 0 aliphatic heterocycles. The lowest BCUT2D eigenvalue weighted by Gasteiger charge is -2.21. The van der Waals surface area contributed by atoms with Gasteiger partial charge in [-0.1, -0.05) is 37.3 Å². The number of hydrogen-bond donors (Lipinski definition) is 1. The Morgan fingerprint density at radius 2 is 1.79 bits per heavy atom. The highest BCUT2D eigenvalue weighted by Gasteiger charge is 2.27. The van der Waals surface area contributed by atoms with Gasteiger partial charge >= 0.3 is 0 Å². The van der Waals surface area contributed by atoms with Crippen LogP contribution < -0.4 is 5.32 Å². The average Bonchev–Trinajstić information content (AvgIpc) is 2.57. The minimum absolute atomic E-state index is 0.0371. The Kier molecular flexibility index (Phi) is 7.91. The van der Waals surface area contributed by atoms with E-state index in [0.29, 0.717) is 19.5 Å². The maximum Gasteiger partial charge on any atom is 0.242 e. The second-order valence-electron chi connectivity index (χ2n) is 5.62. The summed E-state index contributed by atoms with van der Waals surface area (Å²) >= 11 is 0. The highest BCUT2D eigenvalue weighted by molar-refractivity contribution is 7.92. The molecule has 1 N–H and O–H groups in total. The molecule has 1 aromatic rings. The molecule has 2 amide bonds. The molecule has 1 aromatic carbocycles. The number of carbonyl (C=O) groups excluding carboxylic acids is 2. The van der Waals surface area contributed by atoms with E-state index in [-0.39, 0.29) is 18.2 Å². The summed E-state index contributed by atoms with van der Waals surface area (Å²) in [4.78, 5) is 25.8. The van der Waals surface area contributed by atoms with E-state index in [1.165, 1.54) is 6.92 Å². The molecule has 0 saturated carbocycles. The normalized spacial score (nSPS) is 12.5. The minimum Gasteiger partial charge on any atom is -0.346 e. The number of likely N-dealkylation sites (N-methyl/N-ethyl adjacent to an activating group) is 1. The van der Waals surface area contributed by atoms with E-state index in [0.717, 1.165) is 5.56 Å². The van der Waals surface area contributed by atoms with E-state index in [4.69, 9.17) is 0 Å². The van der Waals surface area contributed by atoms with Crippen LogP contribution in [-0.4, -0.2) is 49.2 Å². The average molecular weight is 354 g/mol. The van der Waals surface area contributed by atoms with Crippen molar-refractivity contribution in [3.63, 3.8) is 0 Å². The Morgan fingerprint density at radius 1 is 1.17 bits per heavy atom. The first-order valence-electron chi connectivity index (χ1n) is 8.12. The number of nitrogens with one attached hydrogen (secondary N) is 1. The summed E-state index contributed by atoms with van der Waals surface area (Å²) < 4.78 is 23.8. The van der Waals surface area contributed by atoms with Gasteiger partial charge in [0.05, 0.1) is 12.3 Å². The molecule has 0 fully saturated rings. The van der Waals surface area contributed by atoms with Crippen LogP contribution in [0.2, 0.25) is 0 Å². The van der Waals surface area contributed by atoms with Gasteiger partial charge in [0.2, 0.25) is 11.8 Å². The topological polar surface area (TPSA) is 83.5 Å². The Bertz CT molecular complexity index is 644. The van der Waals surface area contributed by atoms with Crippen LogP contribution in [0.3, 0.4) is 0 Å². The smallest absolute Gasteiger partial charge is 0.242 e. The van der Waals surface area contributed by atoms with E-state index in [9.17, 15) is 18.0 Å². The fourth-order valence-corrected chi connectivity index (χ4v) is 3.55. The molecular weight excluding hydrogens is 328 g/mol. The molecule has 24 heavy (non-hydrogen) atoms. The summed E-state index contributed by atoms with van der Waals surface area (Å²) in [6.45, 7) is 5.71. The van der Waals surface area contributed by atoms with Gasteiger partial charge in [-0.25, -0.2) is 8.42 Å². The lowest BCUT2D eigenvalue weighted by atomic mass is 10.2. The fraction of sp³-hybridized carbons (Fsp3) is 0.529. The number of hydrogen-bond acceptors (Lipinski definition) is 4. The summed E-state index contributed by atoms with van der Waals surface area (Å²) in [6.07, 6.45) is 0.458. The van der Waals surface area contributed by atoms with Crippen LogP contribution in [0.5, 0.6) is 0 Å². The molecule has 6 nitrogen and oxygen atoms in total. The first-order chi connectivity index (χ1) is 11.3. The molecular formula is C17H26N2O4S. The summed E-state index contributed by atoms with van der Waals surface area (Å²) in [5.41, 5.74) is 0.998. The van der Waals surface area contributed by atoms with Crippen molar-refractivity contribution in [3.8, 4) is 0 Å². The molecule has 0 saturated heterocycles. The molecule has 0 radical (unpaired) electrons. The monoisotopic (exact) mass is 354 g/mol. The van der Waals surface area contributed by atoms with Gasteiger partial charge < -0.3 is 10.2 Å². The second kappa shape index (κ2) is 9.42. The lowest BCUT2D eigenvalue weighted by molar-refractivity contribution is -0.133. The molecule has 0 aliphatic rings. The molecule has 0 heterocycles. The Hall–Kier alpha value is -1.89. The standard InChI is InChI=1S/C17H26N2O4S/c1-4-11-24(22,23)14(3)17(21)18-12-16(20)19(5-2)13-15-9-7-6-8-10-15/h6-10,14H,4-5,11-13H2,1-3H3,(H,18,21). The molecule has 134 valence electrons. The molecule has 7 heteroatoms. The van der Waals surface area contributed by atoms with E-state index in [2.05, 4.69) is 5.32 Å². The molecule has 0 aromatic heterocycles. The number of nitrogens with zero attached hydrogens (tertiary/aromatic N) is 1. The van der Waals surface area contributed by atoms with Crippen LogP contribution in [-0.2, 0) is 26.0 Å². The molecule has 0 aliphatic carbocycles. The number of sulfone groups is 1. The predicted molar refractivity (Wildman–Crippen MR) is 94.1 cm³/mol. The molecule has 0 bridgehead atoms. The summed E-state index contributed by atoms with van der Waals surface area (Å²) in [5.74, 6) is -0.910. The third-order valence-corrected chi connectivity index (χ3v) is 6.03. The van der Waals surface area contributed by atoms with Gasteiger partial charge in [0, 0.05) is 13.1 Å². The second-order valence-corrected chi connectivity index (χ2v) is 8.06. The van der Waals surface area contributed by atoms with Gasteiger partial charge in [-0.15, -0.1) is 0 Å². The summed E-state index contributed by atoms with van der Waals surface area (Å²) in [7, 11) is -3.47. The van der Waals surface area contributed by atoms with Gasteiger partial charge in [0.1, 0.15) is 5.25 Å². The van der Waals surface area contributed by atoms with Crippen molar-refractivity contribution >= 4 is 21.7 Å². The van der Waals surface area contributed by atoms with E-state index in [1.54, 1.807) is 11.8 Å². The predicted octanol–water partition coefficient (Wildman–Crippen LogP) is 1.36. The minimum atomic E-state index is -3.47. The quantitative estimate of drug-likeness (QED) is 0.726. The largest absolute Gasteiger partial charge is 0.346 e. The van der Waals surface area contributed by atoms with Crippen LogP contribution in [0.1, 0.15) is 32.8 Å². The first-order valence-corrected chi connectivity index (χ1v) is 9.84. The van der Waals surface area contributed by atoms with E-state index in [1.807, 2.05) is 37.3 Å². The van der Waals surface area contributed by atoms with Crippen LogP contribution in [0.4, 0.5) is 0 Å². The van der Waals surface area contributed by atoms with Gasteiger partial charge in [-0.05, 0) is 25.8 Å². The molecule has 1 atom stereocenters. The number of benzene rings is 1.